The van der Waals surface area contributed by atoms with Crippen molar-refractivity contribution in [2.75, 3.05) is 0 Å². The smallest absolute Gasteiger partial charge is 0.363 e. The Balaban J connectivity index is 1.99. The number of ether oxygens (including phenoxy) is 1. The number of hydrogen-bond acceptors (Lipinski definition) is 3. The van der Waals surface area contributed by atoms with Crippen LogP contribution in [0.25, 0.3) is 6.08 Å². The third-order valence-corrected chi connectivity index (χ3v) is 3.75. The van der Waals surface area contributed by atoms with Crippen molar-refractivity contribution in [1.82, 2.24) is 0 Å². The molecule has 104 valence electrons. The maximum absolute atomic E-state index is 11.9. The lowest BCUT2D eigenvalue weighted by Gasteiger charge is -1.99. The van der Waals surface area contributed by atoms with Gasteiger partial charge in [-0.15, -0.1) is 0 Å². The monoisotopic (exact) mass is 317 g/mol. The van der Waals surface area contributed by atoms with E-state index in [9.17, 15) is 4.79 Å². The average Bonchev–Trinajstić information content (AvgIpc) is 2.86. The van der Waals surface area contributed by atoms with Crippen LogP contribution in [-0.4, -0.2) is 11.9 Å². The standard InChI is InChI=1S/C16H9Cl2NO2/c17-12-8-4-7-11(14(12)18)9-13-16(20)21-15(19-13)10-5-2-1-3-6-10/h1-9H/b13-9-. The van der Waals surface area contributed by atoms with Gasteiger partial charge in [0.2, 0.25) is 5.90 Å². The Morgan fingerprint density at radius 2 is 1.76 bits per heavy atom. The van der Waals surface area contributed by atoms with E-state index in [1.54, 1.807) is 24.3 Å². The number of rotatable bonds is 2. The summed E-state index contributed by atoms with van der Waals surface area (Å²) < 4.78 is 5.17. The van der Waals surface area contributed by atoms with Crippen LogP contribution in [0.3, 0.4) is 0 Å². The first-order chi connectivity index (χ1) is 10.1. The molecule has 3 nitrogen and oxygen atoms in total. The molecule has 0 aliphatic carbocycles. The first-order valence-corrected chi connectivity index (χ1v) is 6.93. The lowest BCUT2D eigenvalue weighted by Crippen LogP contribution is -2.04. The Morgan fingerprint density at radius 1 is 1.00 bits per heavy atom. The molecular weight excluding hydrogens is 309 g/mol. The second kappa shape index (κ2) is 5.72. The fraction of sp³-hybridized carbons (Fsp3) is 0. The van der Waals surface area contributed by atoms with Crippen LogP contribution in [-0.2, 0) is 9.53 Å². The molecule has 0 amide bonds. The third kappa shape index (κ3) is 2.84. The van der Waals surface area contributed by atoms with Crippen LogP contribution in [0.1, 0.15) is 11.1 Å². The van der Waals surface area contributed by atoms with Crippen LogP contribution >= 0.6 is 23.2 Å². The lowest BCUT2D eigenvalue weighted by molar-refractivity contribution is -0.129. The molecule has 5 heteroatoms. The second-order valence-corrected chi connectivity index (χ2v) is 5.13. The predicted octanol–water partition coefficient (Wildman–Crippen LogP) is 4.34. The van der Waals surface area contributed by atoms with E-state index in [4.69, 9.17) is 27.9 Å². The highest BCUT2D eigenvalue weighted by Gasteiger charge is 2.24. The zero-order chi connectivity index (χ0) is 14.8. The molecule has 0 fully saturated rings. The average molecular weight is 318 g/mol. The minimum absolute atomic E-state index is 0.193. The quantitative estimate of drug-likeness (QED) is 0.610. The Labute approximate surface area is 131 Å². The van der Waals surface area contributed by atoms with E-state index in [-0.39, 0.29) is 11.6 Å². The summed E-state index contributed by atoms with van der Waals surface area (Å²) in [6.45, 7) is 0. The summed E-state index contributed by atoms with van der Waals surface area (Å²) in [6.07, 6.45) is 1.56. The number of carbonyl (C=O) groups is 1. The molecule has 0 saturated carbocycles. The maximum Gasteiger partial charge on any atom is 0.363 e. The van der Waals surface area contributed by atoms with Crippen molar-refractivity contribution < 1.29 is 9.53 Å². The van der Waals surface area contributed by atoms with Gasteiger partial charge in [0.25, 0.3) is 0 Å². The van der Waals surface area contributed by atoms with E-state index in [0.717, 1.165) is 5.56 Å². The zero-order valence-electron chi connectivity index (χ0n) is 10.7. The summed E-state index contributed by atoms with van der Waals surface area (Å²) in [6, 6.07) is 14.4. The second-order valence-electron chi connectivity index (χ2n) is 4.35. The Hall–Kier alpha value is -2.10. The van der Waals surface area contributed by atoms with Crippen molar-refractivity contribution in [3.8, 4) is 0 Å². The van der Waals surface area contributed by atoms with E-state index >= 15 is 0 Å². The van der Waals surface area contributed by atoms with Crippen LogP contribution in [0, 0.1) is 0 Å². The Morgan fingerprint density at radius 3 is 2.52 bits per heavy atom. The van der Waals surface area contributed by atoms with Crippen LogP contribution in [0.4, 0.5) is 0 Å². The molecule has 2 aromatic rings. The van der Waals surface area contributed by atoms with Gasteiger partial charge in [0.15, 0.2) is 5.70 Å². The van der Waals surface area contributed by atoms with Gasteiger partial charge < -0.3 is 4.74 Å². The third-order valence-electron chi connectivity index (χ3n) is 2.91. The highest BCUT2D eigenvalue weighted by atomic mass is 35.5. The Kier molecular flexibility index (Phi) is 3.78. The number of halogens is 2. The lowest BCUT2D eigenvalue weighted by atomic mass is 10.2. The number of hydrogen-bond donors (Lipinski definition) is 0. The van der Waals surface area contributed by atoms with Crippen molar-refractivity contribution in [3.05, 3.63) is 75.4 Å². The maximum atomic E-state index is 11.9. The van der Waals surface area contributed by atoms with E-state index in [2.05, 4.69) is 4.99 Å². The largest absolute Gasteiger partial charge is 0.402 e. The molecule has 21 heavy (non-hydrogen) atoms. The highest BCUT2D eigenvalue weighted by Crippen LogP contribution is 2.28. The van der Waals surface area contributed by atoms with Gasteiger partial charge in [-0.2, -0.15) is 0 Å². The molecule has 1 aliphatic heterocycles. The van der Waals surface area contributed by atoms with Gasteiger partial charge in [0, 0.05) is 5.56 Å². The summed E-state index contributed by atoms with van der Waals surface area (Å²) >= 11 is 12.0. The summed E-state index contributed by atoms with van der Waals surface area (Å²) in [4.78, 5) is 16.1. The van der Waals surface area contributed by atoms with Gasteiger partial charge >= 0.3 is 5.97 Å². The van der Waals surface area contributed by atoms with Crippen LogP contribution < -0.4 is 0 Å². The molecule has 0 bridgehead atoms. The van der Waals surface area contributed by atoms with Crippen LogP contribution in [0.2, 0.25) is 10.0 Å². The van der Waals surface area contributed by atoms with Crippen molar-refractivity contribution in [2.45, 2.75) is 0 Å². The first-order valence-electron chi connectivity index (χ1n) is 6.17. The number of aliphatic imine (C=N–C) groups is 1. The van der Waals surface area contributed by atoms with Crippen molar-refractivity contribution in [1.29, 1.82) is 0 Å². The number of esters is 1. The summed E-state index contributed by atoms with van der Waals surface area (Å²) in [5.74, 6) is -0.227. The Bertz CT molecular complexity index is 767. The molecule has 0 saturated heterocycles. The molecular formula is C16H9Cl2NO2. The molecule has 3 rings (SSSR count). The van der Waals surface area contributed by atoms with E-state index in [0.29, 0.717) is 15.6 Å². The van der Waals surface area contributed by atoms with Gasteiger partial charge in [-0.3, -0.25) is 0 Å². The van der Waals surface area contributed by atoms with Crippen molar-refractivity contribution in [2.24, 2.45) is 4.99 Å². The molecule has 1 heterocycles. The molecule has 0 aromatic heterocycles. The fourth-order valence-corrected chi connectivity index (χ4v) is 2.25. The van der Waals surface area contributed by atoms with Gasteiger partial charge in [-0.1, -0.05) is 53.5 Å². The number of nitrogens with zero attached hydrogens (tertiary/aromatic N) is 1. The highest BCUT2D eigenvalue weighted by molar-refractivity contribution is 6.43. The van der Waals surface area contributed by atoms with Crippen LogP contribution in [0.5, 0.6) is 0 Å². The molecule has 2 aromatic carbocycles. The molecule has 0 unspecified atom stereocenters. The number of cyclic esters (lactones) is 1. The van der Waals surface area contributed by atoms with Gasteiger partial charge in [0.05, 0.1) is 10.0 Å². The zero-order valence-corrected chi connectivity index (χ0v) is 12.2. The molecule has 1 aliphatic rings. The number of benzene rings is 2. The first kappa shape index (κ1) is 13.9. The summed E-state index contributed by atoms with van der Waals surface area (Å²) in [5, 5.41) is 0.799. The predicted molar refractivity (Wildman–Crippen MR) is 83.5 cm³/mol. The van der Waals surface area contributed by atoms with Crippen molar-refractivity contribution in [3.63, 3.8) is 0 Å². The van der Waals surface area contributed by atoms with E-state index < -0.39 is 5.97 Å². The summed E-state index contributed by atoms with van der Waals surface area (Å²) in [5.41, 5.74) is 1.55. The van der Waals surface area contributed by atoms with Gasteiger partial charge in [-0.05, 0) is 29.8 Å². The summed E-state index contributed by atoms with van der Waals surface area (Å²) in [7, 11) is 0. The molecule has 0 N–H and O–H groups in total. The van der Waals surface area contributed by atoms with E-state index in [1.807, 2.05) is 30.3 Å². The normalized spacial score (nSPS) is 16.0. The molecule has 0 atom stereocenters. The van der Waals surface area contributed by atoms with Gasteiger partial charge in [0.1, 0.15) is 0 Å². The topological polar surface area (TPSA) is 38.7 Å². The van der Waals surface area contributed by atoms with E-state index in [1.165, 1.54) is 0 Å². The molecule has 0 radical (unpaired) electrons. The number of carbonyl (C=O) groups excluding carboxylic acids is 1. The minimum atomic E-state index is -0.509. The SMILES string of the molecule is O=C1OC(c2ccccc2)=N/C1=C\c1cccc(Cl)c1Cl. The van der Waals surface area contributed by atoms with Crippen molar-refractivity contribution >= 4 is 41.1 Å². The minimum Gasteiger partial charge on any atom is -0.402 e. The molecule has 0 spiro atoms. The van der Waals surface area contributed by atoms with Gasteiger partial charge in [-0.25, -0.2) is 9.79 Å². The fourth-order valence-electron chi connectivity index (χ4n) is 1.89. The van der Waals surface area contributed by atoms with Crippen LogP contribution in [0.15, 0.2) is 59.2 Å².